The molecular formula is C13H15NO2. The molecule has 16 heavy (non-hydrogen) atoms. The molecule has 1 heterocycles. The van der Waals surface area contributed by atoms with Crippen LogP contribution in [0.1, 0.15) is 23.8 Å². The number of ether oxygens (including phenoxy) is 2. The van der Waals surface area contributed by atoms with E-state index in [1.807, 2.05) is 24.3 Å². The third-order valence-corrected chi connectivity index (χ3v) is 2.33. The van der Waals surface area contributed by atoms with Crippen molar-refractivity contribution in [2.45, 2.75) is 12.7 Å². The number of rotatable bonds is 2. The topological polar surface area (TPSA) is 44.5 Å². The van der Waals surface area contributed by atoms with Crippen LogP contribution in [-0.2, 0) is 9.47 Å². The lowest BCUT2D eigenvalue weighted by Crippen LogP contribution is -2.01. The van der Waals surface area contributed by atoms with E-state index in [2.05, 4.69) is 11.8 Å². The fourth-order valence-corrected chi connectivity index (χ4v) is 1.58. The summed E-state index contributed by atoms with van der Waals surface area (Å²) in [5.74, 6) is 6.13. The first kappa shape index (κ1) is 11.2. The fourth-order valence-electron chi connectivity index (χ4n) is 1.58. The van der Waals surface area contributed by atoms with E-state index in [-0.39, 0.29) is 6.29 Å². The van der Waals surface area contributed by atoms with Gasteiger partial charge in [0.2, 0.25) is 0 Å². The Kier molecular flexibility index (Phi) is 3.95. The SMILES string of the molecule is NCCC#Cc1ccccc1C1OCCO1. The van der Waals surface area contributed by atoms with Gasteiger partial charge in [-0.2, -0.15) is 0 Å². The highest BCUT2D eigenvalue weighted by molar-refractivity contribution is 5.42. The number of nitrogens with two attached hydrogens (primary N) is 1. The molecule has 0 saturated carbocycles. The first-order valence-corrected chi connectivity index (χ1v) is 5.43. The minimum atomic E-state index is -0.261. The summed E-state index contributed by atoms with van der Waals surface area (Å²) in [4.78, 5) is 0. The Labute approximate surface area is 95.5 Å². The van der Waals surface area contributed by atoms with Gasteiger partial charge < -0.3 is 15.2 Å². The summed E-state index contributed by atoms with van der Waals surface area (Å²) in [6.45, 7) is 1.88. The normalized spacial score (nSPS) is 15.8. The molecule has 0 amide bonds. The lowest BCUT2D eigenvalue weighted by atomic mass is 10.1. The summed E-state index contributed by atoms with van der Waals surface area (Å²) in [7, 11) is 0. The van der Waals surface area contributed by atoms with E-state index < -0.39 is 0 Å². The molecule has 1 aromatic carbocycles. The summed E-state index contributed by atoms with van der Waals surface area (Å²) in [6, 6.07) is 7.89. The van der Waals surface area contributed by atoms with Crippen molar-refractivity contribution < 1.29 is 9.47 Å². The van der Waals surface area contributed by atoms with E-state index in [0.717, 1.165) is 11.1 Å². The molecule has 1 saturated heterocycles. The Hall–Kier alpha value is -1.34. The lowest BCUT2D eigenvalue weighted by Gasteiger charge is -2.10. The van der Waals surface area contributed by atoms with Crippen LogP contribution in [0.4, 0.5) is 0 Å². The van der Waals surface area contributed by atoms with Crippen LogP contribution in [0, 0.1) is 11.8 Å². The molecule has 3 nitrogen and oxygen atoms in total. The third-order valence-electron chi connectivity index (χ3n) is 2.33. The largest absolute Gasteiger partial charge is 0.346 e. The van der Waals surface area contributed by atoms with Gasteiger partial charge in [-0.1, -0.05) is 30.0 Å². The minimum Gasteiger partial charge on any atom is -0.346 e. The van der Waals surface area contributed by atoms with Gasteiger partial charge in [0.05, 0.1) is 13.2 Å². The standard InChI is InChI=1S/C13H15NO2/c14-8-4-3-6-11-5-1-2-7-12(11)13-15-9-10-16-13/h1-2,5,7,13H,4,8-10,14H2. The van der Waals surface area contributed by atoms with Crippen molar-refractivity contribution in [2.24, 2.45) is 5.73 Å². The molecule has 1 aliphatic rings. The Morgan fingerprint density at radius 1 is 1.25 bits per heavy atom. The van der Waals surface area contributed by atoms with Gasteiger partial charge in [0.25, 0.3) is 0 Å². The van der Waals surface area contributed by atoms with Crippen LogP contribution in [0.2, 0.25) is 0 Å². The molecule has 3 heteroatoms. The van der Waals surface area contributed by atoms with Gasteiger partial charge in [-0.15, -0.1) is 0 Å². The van der Waals surface area contributed by atoms with Gasteiger partial charge in [0.15, 0.2) is 6.29 Å². The van der Waals surface area contributed by atoms with Crippen LogP contribution in [0.25, 0.3) is 0 Å². The zero-order chi connectivity index (χ0) is 11.2. The lowest BCUT2D eigenvalue weighted by molar-refractivity contribution is -0.0442. The molecule has 1 aromatic rings. The predicted molar refractivity (Wildman–Crippen MR) is 61.6 cm³/mol. The van der Waals surface area contributed by atoms with Crippen molar-refractivity contribution in [3.05, 3.63) is 35.4 Å². The second-order valence-electron chi connectivity index (χ2n) is 3.50. The molecule has 0 unspecified atom stereocenters. The molecule has 2 rings (SSSR count). The highest BCUT2D eigenvalue weighted by atomic mass is 16.7. The predicted octanol–water partition coefficient (Wildman–Crippen LogP) is 1.43. The first-order chi connectivity index (χ1) is 7.92. The van der Waals surface area contributed by atoms with Crippen molar-refractivity contribution in [1.82, 2.24) is 0 Å². The maximum atomic E-state index is 5.47. The van der Waals surface area contributed by atoms with Gasteiger partial charge in [-0.25, -0.2) is 0 Å². The molecule has 0 aromatic heterocycles. The maximum Gasteiger partial charge on any atom is 0.185 e. The summed E-state index contributed by atoms with van der Waals surface area (Å²) in [5, 5.41) is 0. The van der Waals surface area contributed by atoms with Gasteiger partial charge in [0.1, 0.15) is 0 Å². The molecule has 0 radical (unpaired) electrons. The Morgan fingerprint density at radius 2 is 2.00 bits per heavy atom. The quantitative estimate of drug-likeness (QED) is 0.762. The molecule has 1 fully saturated rings. The molecule has 0 atom stereocenters. The van der Waals surface area contributed by atoms with Crippen molar-refractivity contribution in [1.29, 1.82) is 0 Å². The fraction of sp³-hybridized carbons (Fsp3) is 0.385. The van der Waals surface area contributed by atoms with Crippen LogP contribution >= 0.6 is 0 Å². The Balaban J connectivity index is 2.20. The molecule has 2 N–H and O–H groups in total. The van der Waals surface area contributed by atoms with Crippen LogP contribution in [0.3, 0.4) is 0 Å². The summed E-state index contributed by atoms with van der Waals surface area (Å²) in [6.07, 6.45) is 0.448. The van der Waals surface area contributed by atoms with E-state index in [9.17, 15) is 0 Å². The van der Waals surface area contributed by atoms with Crippen molar-refractivity contribution in [3.8, 4) is 11.8 Å². The zero-order valence-electron chi connectivity index (χ0n) is 9.11. The van der Waals surface area contributed by atoms with Crippen LogP contribution in [-0.4, -0.2) is 19.8 Å². The molecule has 84 valence electrons. The first-order valence-electron chi connectivity index (χ1n) is 5.43. The van der Waals surface area contributed by atoms with Gasteiger partial charge in [-0.3, -0.25) is 0 Å². The molecule has 0 spiro atoms. The summed E-state index contributed by atoms with van der Waals surface area (Å²) < 4.78 is 10.9. The summed E-state index contributed by atoms with van der Waals surface area (Å²) in [5.41, 5.74) is 7.37. The van der Waals surface area contributed by atoms with E-state index in [0.29, 0.717) is 26.2 Å². The van der Waals surface area contributed by atoms with Crippen LogP contribution in [0.5, 0.6) is 0 Å². The van der Waals surface area contributed by atoms with Crippen LogP contribution < -0.4 is 5.73 Å². The highest BCUT2D eigenvalue weighted by Crippen LogP contribution is 2.25. The number of hydrogen-bond donors (Lipinski definition) is 1. The molecule has 0 aliphatic carbocycles. The maximum absolute atomic E-state index is 5.47. The van der Waals surface area contributed by atoms with Crippen molar-refractivity contribution >= 4 is 0 Å². The zero-order valence-corrected chi connectivity index (χ0v) is 9.11. The molecule has 1 aliphatic heterocycles. The number of hydrogen-bond acceptors (Lipinski definition) is 3. The highest BCUT2D eigenvalue weighted by Gasteiger charge is 2.20. The third kappa shape index (κ3) is 2.61. The van der Waals surface area contributed by atoms with Gasteiger partial charge in [0, 0.05) is 24.1 Å². The van der Waals surface area contributed by atoms with Gasteiger partial charge in [-0.05, 0) is 6.07 Å². The van der Waals surface area contributed by atoms with E-state index in [1.54, 1.807) is 0 Å². The van der Waals surface area contributed by atoms with E-state index in [1.165, 1.54) is 0 Å². The molecular weight excluding hydrogens is 202 g/mol. The second-order valence-corrected chi connectivity index (χ2v) is 3.50. The summed E-state index contributed by atoms with van der Waals surface area (Å²) >= 11 is 0. The Morgan fingerprint density at radius 3 is 2.75 bits per heavy atom. The number of benzene rings is 1. The van der Waals surface area contributed by atoms with E-state index >= 15 is 0 Å². The molecule has 0 bridgehead atoms. The monoisotopic (exact) mass is 217 g/mol. The Bertz CT molecular complexity index is 400. The van der Waals surface area contributed by atoms with Crippen molar-refractivity contribution in [2.75, 3.05) is 19.8 Å². The van der Waals surface area contributed by atoms with Gasteiger partial charge >= 0.3 is 0 Å². The van der Waals surface area contributed by atoms with Crippen molar-refractivity contribution in [3.63, 3.8) is 0 Å². The second kappa shape index (κ2) is 5.66. The minimum absolute atomic E-state index is 0.261. The smallest absolute Gasteiger partial charge is 0.185 e. The van der Waals surface area contributed by atoms with E-state index in [4.69, 9.17) is 15.2 Å². The van der Waals surface area contributed by atoms with Crippen LogP contribution in [0.15, 0.2) is 24.3 Å². The average molecular weight is 217 g/mol. The average Bonchev–Trinajstić information content (AvgIpc) is 2.83.